The Morgan fingerprint density at radius 2 is 1.75 bits per heavy atom. The molecule has 0 aliphatic carbocycles. The molecule has 0 aromatic rings. The van der Waals surface area contributed by atoms with Gasteiger partial charge in [-0.05, 0) is 80.9 Å². The molecular formula is C30H56N2O8. The predicted octanol–water partition coefficient (Wildman–Crippen LogP) is 2.02. The van der Waals surface area contributed by atoms with E-state index in [2.05, 4.69) is 6.92 Å². The van der Waals surface area contributed by atoms with Gasteiger partial charge in [0.1, 0.15) is 23.9 Å². The van der Waals surface area contributed by atoms with Crippen LogP contribution in [0.25, 0.3) is 0 Å². The second-order valence-electron chi connectivity index (χ2n) is 13.7. The fraction of sp³-hybridized carbons (Fsp3) is 0.967. The quantitative estimate of drug-likeness (QED) is 0.432. The number of cyclic esters (lactones) is 1. The number of likely N-dealkylation sites (N-methyl/N-ethyl adjacent to an activating group) is 2. The highest BCUT2D eigenvalue weighted by atomic mass is 16.7. The SMILES string of the molecule is CC[C@H]1OC(=O)[C@H](C)C2O[C@](C)(C[C@@H](C)CN(C)[C@H](C)[C@@H](O)[C@]1(C)O)[C@H](O[C@@H]1O[C@H](C)C[C@H](N(C)C)[C@H]1O)[C@H]2C. The van der Waals surface area contributed by atoms with Crippen LogP contribution in [0.15, 0.2) is 0 Å². The summed E-state index contributed by atoms with van der Waals surface area (Å²) in [6, 6.07) is -0.500. The third-order valence-corrected chi connectivity index (χ3v) is 9.81. The fourth-order valence-electron chi connectivity index (χ4n) is 7.33. The van der Waals surface area contributed by atoms with Crippen LogP contribution in [0.1, 0.15) is 74.7 Å². The molecule has 0 aromatic carbocycles. The van der Waals surface area contributed by atoms with Crippen molar-refractivity contribution < 1.29 is 39.1 Å². The zero-order valence-corrected chi connectivity index (χ0v) is 26.5. The van der Waals surface area contributed by atoms with E-state index in [1.807, 2.05) is 65.6 Å². The molecule has 2 bridgehead atoms. The first-order valence-electron chi connectivity index (χ1n) is 15.1. The second kappa shape index (κ2) is 12.8. The number of hydrogen-bond donors (Lipinski definition) is 3. The van der Waals surface area contributed by atoms with E-state index in [4.69, 9.17) is 18.9 Å². The van der Waals surface area contributed by atoms with Gasteiger partial charge in [-0.15, -0.1) is 0 Å². The first-order chi connectivity index (χ1) is 18.4. The van der Waals surface area contributed by atoms with Gasteiger partial charge >= 0.3 is 5.97 Å². The average molecular weight is 573 g/mol. The van der Waals surface area contributed by atoms with Crippen LogP contribution < -0.4 is 0 Å². The van der Waals surface area contributed by atoms with Crippen molar-refractivity contribution >= 4 is 5.97 Å². The molecule has 3 N–H and O–H groups in total. The maximum atomic E-state index is 13.5. The lowest BCUT2D eigenvalue weighted by Crippen LogP contribution is -2.59. The van der Waals surface area contributed by atoms with Crippen LogP contribution >= 0.6 is 0 Å². The summed E-state index contributed by atoms with van der Waals surface area (Å²) in [7, 11) is 5.82. The van der Waals surface area contributed by atoms with Gasteiger partial charge in [-0.2, -0.15) is 0 Å². The standard InChI is InChI=1S/C30H56N2O8/c1-12-22-30(8,36)25(34)20(6)32(11)15-16(2)14-29(7)26(18(4)24(40-29)19(5)27(35)38-22)39-28-23(33)21(31(9)10)13-17(3)37-28/h16-26,28,33-34,36H,12-15H2,1-11H3/t16-,17-,18+,19-,20-,21+,22-,23-,24?,25-,26-,28+,29-,30-/m1/s1. The fourth-order valence-corrected chi connectivity index (χ4v) is 7.33. The van der Waals surface area contributed by atoms with Gasteiger partial charge in [-0.1, -0.05) is 20.8 Å². The number of rotatable bonds is 4. The van der Waals surface area contributed by atoms with Crippen molar-refractivity contribution in [1.82, 2.24) is 9.80 Å². The Kier molecular flexibility index (Phi) is 10.8. The molecule has 1 unspecified atom stereocenters. The monoisotopic (exact) mass is 572 g/mol. The van der Waals surface area contributed by atoms with Crippen molar-refractivity contribution in [2.24, 2.45) is 17.8 Å². The Bertz CT molecular complexity index is 858. The van der Waals surface area contributed by atoms with E-state index in [9.17, 15) is 20.1 Å². The lowest BCUT2D eigenvalue weighted by atomic mass is 9.82. The molecule has 0 radical (unpaired) electrons. The van der Waals surface area contributed by atoms with E-state index in [-0.39, 0.29) is 24.0 Å². The van der Waals surface area contributed by atoms with Gasteiger partial charge in [-0.3, -0.25) is 4.79 Å². The minimum absolute atomic E-state index is 0.0877. The molecule has 3 rings (SSSR count). The van der Waals surface area contributed by atoms with E-state index >= 15 is 0 Å². The molecule has 3 saturated heterocycles. The minimum atomic E-state index is -1.64. The summed E-state index contributed by atoms with van der Waals surface area (Å²) in [5, 5.41) is 33.8. The lowest BCUT2D eigenvalue weighted by molar-refractivity contribution is -0.283. The smallest absolute Gasteiger partial charge is 0.311 e. The molecule has 14 atom stereocenters. The number of esters is 1. The molecular weight excluding hydrogens is 516 g/mol. The van der Waals surface area contributed by atoms with Crippen molar-refractivity contribution in [3.05, 3.63) is 0 Å². The van der Waals surface area contributed by atoms with Gasteiger partial charge in [0.2, 0.25) is 0 Å². The Balaban J connectivity index is 1.97. The van der Waals surface area contributed by atoms with E-state index in [1.165, 1.54) is 6.92 Å². The number of aliphatic hydroxyl groups is 3. The minimum Gasteiger partial charge on any atom is -0.459 e. The van der Waals surface area contributed by atoms with Crippen molar-refractivity contribution in [1.29, 1.82) is 0 Å². The van der Waals surface area contributed by atoms with E-state index in [1.54, 1.807) is 6.92 Å². The molecule has 3 fully saturated rings. The van der Waals surface area contributed by atoms with Crippen molar-refractivity contribution in [2.45, 2.75) is 141 Å². The lowest BCUT2D eigenvalue weighted by Gasteiger charge is -2.44. The number of carbonyl (C=O) groups is 1. The highest BCUT2D eigenvalue weighted by Gasteiger charge is 2.56. The molecule has 0 spiro atoms. The zero-order valence-electron chi connectivity index (χ0n) is 26.5. The van der Waals surface area contributed by atoms with Gasteiger partial charge in [0.05, 0.1) is 29.8 Å². The van der Waals surface area contributed by atoms with Crippen LogP contribution in [0.5, 0.6) is 0 Å². The summed E-state index contributed by atoms with van der Waals surface area (Å²) in [4.78, 5) is 17.5. The van der Waals surface area contributed by atoms with Crippen molar-refractivity contribution in [2.75, 3.05) is 27.7 Å². The summed E-state index contributed by atoms with van der Waals surface area (Å²) < 4.78 is 25.4. The molecule has 0 aromatic heterocycles. The normalized spacial score (nSPS) is 50.0. The molecule has 0 amide bonds. The largest absolute Gasteiger partial charge is 0.459 e. The van der Waals surface area contributed by atoms with Gasteiger partial charge in [0.25, 0.3) is 0 Å². The van der Waals surface area contributed by atoms with E-state index < -0.39 is 65.9 Å². The van der Waals surface area contributed by atoms with Crippen LogP contribution in [0, 0.1) is 17.8 Å². The number of ether oxygens (including phenoxy) is 4. The Labute approximate surface area is 241 Å². The Hall–Kier alpha value is -0.850. The van der Waals surface area contributed by atoms with E-state index in [0.717, 1.165) is 0 Å². The second-order valence-corrected chi connectivity index (χ2v) is 13.7. The third-order valence-electron chi connectivity index (χ3n) is 9.81. The maximum Gasteiger partial charge on any atom is 0.311 e. The molecule has 10 nitrogen and oxygen atoms in total. The Morgan fingerprint density at radius 3 is 2.33 bits per heavy atom. The van der Waals surface area contributed by atoms with Crippen molar-refractivity contribution in [3.63, 3.8) is 0 Å². The van der Waals surface area contributed by atoms with Crippen LogP contribution in [-0.2, 0) is 23.7 Å². The van der Waals surface area contributed by atoms with Crippen LogP contribution in [0.2, 0.25) is 0 Å². The van der Waals surface area contributed by atoms with E-state index in [0.29, 0.717) is 25.8 Å². The number of aliphatic hydroxyl groups excluding tert-OH is 2. The molecule has 3 aliphatic rings. The highest BCUT2D eigenvalue weighted by molar-refractivity contribution is 5.73. The summed E-state index contributed by atoms with van der Waals surface area (Å²) in [5.74, 6) is -1.21. The summed E-state index contributed by atoms with van der Waals surface area (Å²) in [6.07, 6.45) is -3.07. The molecule has 40 heavy (non-hydrogen) atoms. The molecule has 3 heterocycles. The van der Waals surface area contributed by atoms with Crippen molar-refractivity contribution in [3.8, 4) is 0 Å². The molecule has 0 saturated carbocycles. The third kappa shape index (κ3) is 6.70. The zero-order chi connectivity index (χ0) is 30.3. The molecule has 3 aliphatic heterocycles. The highest BCUT2D eigenvalue weighted by Crippen LogP contribution is 2.46. The summed E-state index contributed by atoms with van der Waals surface area (Å²) >= 11 is 0. The number of nitrogens with zero attached hydrogens (tertiary/aromatic N) is 2. The van der Waals surface area contributed by atoms with Crippen LogP contribution in [0.4, 0.5) is 0 Å². The van der Waals surface area contributed by atoms with Crippen LogP contribution in [0.3, 0.4) is 0 Å². The molecule has 10 heteroatoms. The van der Waals surface area contributed by atoms with Gasteiger partial charge in [0, 0.05) is 24.5 Å². The Morgan fingerprint density at radius 1 is 1.12 bits per heavy atom. The predicted molar refractivity (Wildman–Crippen MR) is 152 cm³/mol. The number of fused-ring (bicyclic) bond motifs is 2. The summed E-state index contributed by atoms with van der Waals surface area (Å²) in [6.45, 7) is 15.8. The van der Waals surface area contributed by atoms with Gasteiger partial charge < -0.3 is 44.1 Å². The van der Waals surface area contributed by atoms with Gasteiger partial charge in [0.15, 0.2) is 6.29 Å². The summed E-state index contributed by atoms with van der Waals surface area (Å²) in [5.41, 5.74) is -2.40. The average Bonchev–Trinajstić information content (AvgIpc) is 3.10. The van der Waals surface area contributed by atoms with Gasteiger partial charge in [-0.25, -0.2) is 0 Å². The van der Waals surface area contributed by atoms with Crippen LogP contribution in [-0.4, -0.2) is 125 Å². The first-order valence-corrected chi connectivity index (χ1v) is 15.1. The first kappa shape index (κ1) is 33.6. The number of hydrogen-bond acceptors (Lipinski definition) is 10. The number of carbonyl (C=O) groups excluding carboxylic acids is 1. The topological polar surface area (TPSA) is 121 Å². The maximum absolute atomic E-state index is 13.5. The molecule has 234 valence electrons.